The highest BCUT2D eigenvalue weighted by atomic mass is 32.1. The van der Waals surface area contributed by atoms with Crippen LogP contribution < -0.4 is 5.73 Å². The van der Waals surface area contributed by atoms with Crippen LogP contribution in [0.5, 0.6) is 0 Å². The molecule has 0 bridgehead atoms. The maximum atomic E-state index is 5.67. The van der Waals surface area contributed by atoms with Crippen LogP contribution in [0.25, 0.3) is 11.4 Å². The van der Waals surface area contributed by atoms with Gasteiger partial charge in [-0.1, -0.05) is 0 Å². The minimum Gasteiger partial charge on any atom is -0.368 e. The molecule has 2 heterocycles. The fraction of sp³-hybridized carbons (Fsp3) is 0.300. The van der Waals surface area contributed by atoms with Gasteiger partial charge in [0.25, 0.3) is 0 Å². The smallest absolute Gasteiger partial charge is 0.223 e. The molecular formula is C10H10N4S. The Hall–Kier alpha value is -1.49. The van der Waals surface area contributed by atoms with Gasteiger partial charge in [0.2, 0.25) is 5.95 Å². The normalized spacial score (nSPS) is 15.5. The lowest BCUT2D eigenvalue weighted by atomic mass is 10.3. The Morgan fingerprint density at radius 1 is 1.27 bits per heavy atom. The van der Waals surface area contributed by atoms with Gasteiger partial charge in [0.05, 0.1) is 0 Å². The Morgan fingerprint density at radius 2 is 2.13 bits per heavy atom. The average Bonchev–Trinajstić information content (AvgIpc) is 2.93. The summed E-state index contributed by atoms with van der Waals surface area (Å²) in [6.07, 6.45) is 2.35. The molecule has 76 valence electrons. The fourth-order valence-electron chi connectivity index (χ4n) is 1.45. The van der Waals surface area contributed by atoms with Crippen LogP contribution in [0.3, 0.4) is 0 Å². The van der Waals surface area contributed by atoms with E-state index >= 15 is 0 Å². The molecule has 0 radical (unpaired) electrons. The van der Waals surface area contributed by atoms with Crippen LogP contribution in [0, 0.1) is 0 Å². The van der Waals surface area contributed by atoms with E-state index < -0.39 is 0 Å². The molecule has 15 heavy (non-hydrogen) atoms. The number of rotatable bonds is 2. The standard InChI is InChI=1S/C10H10N4S/c11-10-13-8(6-1-2-6)12-9(14-10)7-3-4-15-5-7/h3-6H,1-2H2,(H2,11,12,13,14). The fourth-order valence-corrected chi connectivity index (χ4v) is 2.09. The second-order valence-corrected chi connectivity index (χ2v) is 4.44. The van der Waals surface area contributed by atoms with E-state index in [-0.39, 0.29) is 0 Å². The SMILES string of the molecule is Nc1nc(-c2ccsc2)nc(C2CC2)n1. The molecule has 1 saturated carbocycles. The number of nitrogens with zero attached hydrogens (tertiary/aromatic N) is 3. The first kappa shape index (κ1) is 8.79. The van der Waals surface area contributed by atoms with Crippen molar-refractivity contribution in [3.63, 3.8) is 0 Å². The molecule has 5 heteroatoms. The summed E-state index contributed by atoms with van der Waals surface area (Å²) in [5, 5.41) is 4.03. The van der Waals surface area contributed by atoms with E-state index in [0.29, 0.717) is 17.7 Å². The lowest BCUT2D eigenvalue weighted by molar-refractivity contribution is 0.903. The van der Waals surface area contributed by atoms with E-state index in [0.717, 1.165) is 11.4 Å². The molecule has 3 rings (SSSR count). The van der Waals surface area contributed by atoms with Gasteiger partial charge >= 0.3 is 0 Å². The first-order valence-corrected chi connectivity index (χ1v) is 5.81. The van der Waals surface area contributed by atoms with Gasteiger partial charge in [-0.05, 0) is 24.3 Å². The third-order valence-electron chi connectivity index (χ3n) is 2.39. The Morgan fingerprint density at radius 3 is 2.80 bits per heavy atom. The summed E-state index contributed by atoms with van der Waals surface area (Å²) >= 11 is 1.63. The lowest BCUT2D eigenvalue weighted by Gasteiger charge is -2.01. The molecule has 2 aromatic rings. The number of anilines is 1. The topological polar surface area (TPSA) is 64.7 Å². The van der Waals surface area contributed by atoms with Crippen LogP contribution in [0.1, 0.15) is 24.6 Å². The van der Waals surface area contributed by atoms with Crippen LogP contribution >= 0.6 is 11.3 Å². The Balaban J connectivity index is 2.07. The minimum absolute atomic E-state index is 0.327. The largest absolute Gasteiger partial charge is 0.368 e. The zero-order valence-corrected chi connectivity index (χ0v) is 8.87. The van der Waals surface area contributed by atoms with Gasteiger partial charge in [-0.25, -0.2) is 4.98 Å². The van der Waals surface area contributed by atoms with E-state index in [9.17, 15) is 0 Å². The highest BCUT2D eigenvalue weighted by Crippen LogP contribution is 2.38. The molecule has 2 aromatic heterocycles. The van der Waals surface area contributed by atoms with Crippen molar-refractivity contribution >= 4 is 17.3 Å². The molecule has 4 nitrogen and oxygen atoms in total. The second kappa shape index (κ2) is 3.27. The molecule has 0 saturated heterocycles. The van der Waals surface area contributed by atoms with Crippen molar-refractivity contribution in [2.75, 3.05) is 5.73 Å². The maximum Gasteiger partial charge on any atom is 0.223 e. The Bertz CT molecular complexity index is 476. The number of aromatic nitrogens is 3. The van der Waals surface area contributed by atoms with Gasteiger partial charge in [0, 0.05) is 16.9 Å². The molecule has 0 unspecified atom stereocenters. The molecule has 0 aromatic carbocycles. The van der Waals surface area contributed by atoms with Crippen LogP contribution in [0.15, 0.2) is 16.8 Å². The summed E-state index contributed by atoms with van der Waals surface area (Å²) in [7, 11) is 0. The first-order valence-electron chi connectivity index (χ1n) is 4.87. The van der Waals surface area contributed by atoms with E-state index in [4.69, 9.17) is 5.73 Å². The zero-order chi connectivity index (χ0) is 10.3. The van der Waals surface area contributed by atoms with Gasteiger partial charge < -0.3 is 5.73 Å². The highest BCUT2D eigenvalue weighted by Gasteiger charge is 2.27. The van der Waals surface area contributed by atoms with Gasteiger partial charge in [0.1, 0.15) is 5.82 Å². The molecule has 1 aliphatic carbocycles. The number of nitrogen functional groups attached to an aromatic ring is 1. The molecule has 0 aliphatic heterocycles. The predicted octanol–water partition coefficient (Wildman–Crippen LogP) is 2.06. The lowest BCUT2D eigenvalue weighted by Crippen LogP contribution is -2.03. The quantitative estimate of drug-likeness (QED) is 0.838. The number of thiophene rings is 1. The Kier molecular flexibility index (Phi) is 1.92. The summed E-state index contributed by atoms with van der Waals surface area (Å²) in [5.41, 5.74) is 6.70. The van der Waals surface area contributed by atoms with E-state index in [2.05, 4.69) is 15.0 Å². The van der Waals surface area contributed by atoms with Crippen LogP contribution in [0.2, 0.25) is 0 Å². The van der Waals surface area contributed by atoms with Crippen molar-refractivity contribution in [3.8, 4) is 11.4 Å². The summed E-state index contributed by atoms with van der Waals surface area (Å²) in [5.74, 6) is 2.38. The molecule has 1 fully saturated rings. The van der Waals surface area contributed by atoms with E-state index in [1.807, 2.05) is 16.8 Å². The first-order chi connectivity index (χ1) is 7.33. The summed E-state index contributed by atoms with van der Waals surface area (Å²) < 4.78 is 0. The van der Waals surface area contributed by atoms with E-state index in [1.54, 1.807) is 11.3 Å². The van der Waals surface area contributed by atoms with Crippen LogP contribution in [-0.2, 0) is 0 Å². The van der Waals surface area contributed by atoms with Gasteiger partial charge in [0.15, 0.2) is 5.82 Å². The molecular weight excluding hydrogens is 208 g/mol. The molecule has 0 atom stereocenters. The Labute approximate surface area is 91.2 Å². The van der Waals surface area contributed by atoms with Crippen LogP contribution in [0.4, 0.5) is 5.95 Å². The van der Waals surface area contributed by atoms with Gasteiger partial charge in [-0.3, -0.25) is 0 Å². The summed E-state index contributed by atoms with van der Waals surface area (Å²) in [6, 6.07) is 2.00. The van der Waals surface area contributed by atoms with Crippen molar-refractivity contribution in [2.24, 2.45) is 0 Å². The third kappa shape index (κ3) is 1.70. The number of hydrogen-bond acceptors (Lipinski definition) is 5. The van der Waals surface area contributed by atoms with Crippen molar-refractivity contribution in [1.82, 2.24) is 15.0 Å². The molecule has 1 aliphatic rings. The monoisotopic (exact) mass is 218 g/mol. The number of hydrogen-bond donors (Lipinski definition) is 1. The van der Waals surface area contributed by atoms with Gasteiger partial charge in [-0.15, -0.1) is 0 Å². The van der Waals surface area contributed by atoms with Crippen molar-refractivity contribution in [2.45, 2.75) is 18.8 Å². The highest BCUT2D eigenvalue weighted by molar-refractivity contribution is 7.08. The van der Waals surface area contributed by atoms with Crippen molar-refractivity contribution < 1.29 is 0 Å². The average molecular weight is 218 g/mol. The molecule has 0 amide bonds. The minimum atomic E-state index is 0.327. The predicted molar refractivity (Wildman–Crippen MR) is 59.5 cm³/mol. The maximum absolute atomic E-state index is 5.67. The van der Waals surface area contributed by atoms with E-state index in [1.165, 1.54) is 12.8 Å². The summed E-state index contributed by atoms with van der Waals surface area (Å²) in [4.78, 5) is 12.8. The molecule has 2 N–H and O–H groups in total. The van der Waals surface area contributed by atoms with Gasteiger partial charge in [-0.2, -0.15) is 21.3 Å². The number of nitrogens with two attached hydrogens (primary N) is 1. The van der Waals surface area contributed by atoms with Crippen LogP contribution in [-0.4, -0.2) is 15.0 Å². The molecule has 0 spiro atoms. The van der Waals surface area contributed by atoms with Crippen molar-refractivity contribution in [3.05, 3.63) is 22.7 Å². The zero-order valence-electron chi connectivity index (χ0n) is 8.05. The second-order valence-electron chi connectivity index (χ2n) is 3.66. The summed E-state index contributed by atoms with van der Waals surface area (Å²) in [6.45, 7) is 0. The third-order valence-corrected chi connectivity index (χ3v) is 3.08. The van der Waals surface area contributed by atoms with Crippen molar-refractivity contribution in [1.29, 1.82) is 0 Å².